The van der Waals surface area contributed by atoms with Crippen molar-refractivity contribution in [3.8, 4) is 11.5 Å². The number of hydrogen-bond donors (Lipinski definition) is 0. The molecule has 3 rings (SSSR count). The Morgan fingerprint density at radius 1 is 0.963 bits per heavy atom. The molecule has 6 heteroatoms. The van der Waals surface area contributed by atoms with Crippen LogP contribution >= 0.6 is 0 Å². The van der Waals surface area contributed by atoms with Crippen molar-refractivity contribution >= 4 is 16.9 Å². The third-order valence-electron chi connectivity index (χ3n) is 4.20. The first kappa shape index (κ1) is 18.5. The number of benzene rings is 2. The molecular weight excluding hydrogens is 348 g/mol. The average molecular weight is 368 g/mol. The first-order valence-corrected chi connectivity index (χ1v) is 8.48. The minimum atomic E-state index is -0.500. The number of fused-ring (bicyclic) bond motifs is 1. The second kappa shape index (κ2) is 8.40. The van der Waals surface area contributed by atoms with Gasteiger partial charge in [0.15, 0.2) is 0 Å². The van der Waals surface area contributed by atoms with Gasteiger partial charge in [-0.3, -0.25) is 4.79 Å². The number of ether oxygens (including phenoxy) is 3. The van der Waals surface area contributed by atoms with Gasteiger partial charge in [-0.2, -0.15) is 0 Å². The highest BCUT2D eigenvalue weighted by molar-refractivity contribution is 5.81. The van der Waals surface area contributed by atoms with Gasteiger partial charge >= 0.3 is 11.6 Å². The van der Waals surface area contributed by atoms with Gasteiger partial charge in [-0.25, -0.2) is 4.79 Å². The number of carbonyl (C=O) groups excluding carboxylic acids is 1. The summed E-state index contributed by atoms with van der Waals surface area (Å²) >= 11 is 0. The molecule has 0 unspecified atom stereocenters. The van der Waals surface area contributed by atoms with E-state index in [2.05, 4.69) is 0 Å². The predicted octanol–water partition coefficient (Wildman–Crippen LogP) is 3.49. The maximum Gasteiger partial charge on any atom is 0.336 e. The monoisotopic (exact) mass is 368 g/mol. The van der Waals surface area contributed by atoms with Crippen LogP contribution in [0.15, 0.2) is 57.7 Å². The van der Waals surface area contributed by atoms with E-state index in [1.807, 2.05) is 24.3 Å². The number of carbonyl (C=O) groups is 1. The lowest BCUT2D eigenvalue weighted by Gasteiger charge is -2.08. The highest BCUT2D eigenvalue weighted by Gasteiger charge is 2.10. The van der Waals surface area contributed by atoms with E-state index in [9.17, 15) is 9.59 Å². The quantitative estimate of drug-likeness (QED) is 0.469. The normalized spacial score (nSPS) is 10.6. The molecule has 1 aromatic heterocycles. The van der Waals surface area contributed by atoms with Crippen molar-refractivity contribution in [1.29, 1.82) is 0 Å². The molecule has 0 bridgehead atoms. The molecule has 0 saturated carbocycles. The van der Waals surface area contributed by atoms with Gasteiger partial charge in [-0.1, -0.05) is 12.1 Å². The Hall–Kier alpha value is -3.28. The van der Waals surface area contributed by atoms with E-state index in [4.69, 9.17) is 18.6 Å². The minimum absolute atomic E-state index is 0.00980. The molecule has 0 spiro atoms. The maximum absolute atomic E-state index is 12.1. The number of hydrogen-bond acceptors (Lipinski definition) is 6. The number of aryl methyl sites for hydroxylation is 1. The van der Waals surface area contributed by atoms with Crippen LogP contribution in [0.2, 0.25) is 0 Å². The molecule has 27 heavy (non-hydrogen) atoms. The van der Waals surface area contributed by atoms with Gasteiger partial charge in [0.25, 0.3) is 0 Å². The van der Waals surface area contributed by atoms with Crippen molar-refractivity contribution in [3.63, 3.8) is 0 Å². The Morgan fingerprint density at radius 2 is 1.67 bits per heavy atom. The summed E-state index contributed by atoms with van der Waals surface area (Å²) < 4.78 is 20.8. The van der Waals surface area contributed by atoms with Crippen LogP contribution in [0.1, 0.15) is 17.5 Å². The maximum atomic E-state index is 12.1. The summed E-state index contributed by atoms with van der Waals surface area (Å²) in [6.45, 7) is 0.00980. The fourth-order valence-electron chi connectivity index (χ4n) is 2.73. The van der Waals surface area contributed by atoms with Crippen LogP contribution in [0.5, 0.6) is 11.5 Å². The molecule has 0 fully saturated rings. The van der Waals surface area contributed by atoms with Crippen LogP contribution in [0.3, 0.4) is 0 Å². The fraction of sp³-hybridized carbons (Fsp3) is 0.238. The highest BCUT2D eigenvalue weighted by Crippen LogP contribution is 2.23. The molecule has 0 aliphatic rings. The van der Waals surface area contributed by atoms with Crippen LogP contribution in [0, 0.1) is 0 Å². The van der Waals surface area contributed by atoms with Crippen LogP contribution in [0.4, 0.5) is 0 Å². The molecule has 0 saturated heterocycles. The Bertz CT molecular complexity index is 988. The van der Waals surface area contributed by atoms with E-state index in [0.29, 0.717) is 28.7 Å². The van der Waals surface area contributed by atoms with Gasteiger partial charge in [0.2, 0.25) is 0 Å². The second-order valence-corrected chi connectivity index (χ2v) is 5.96. The summed E-state index contributed by atoms with van der Waals surface area (Å²) in [7, 11) is 3.14. The SMILES string of the molecule is COc1ccc(CCC(=O)OCc2cc(=O)oc3cc(OC)ccc23)cc1. The average Bonchev–Trinajstić information content (AvgIpc) is 2.70. The van der Waals surface area contributed by atoms with Crippen molar-refractivity contribution in [2.24, 2.45) is 0 Å². The zero-order valence-corrected chi connectivity index (χ0v) is 15.2. The lowest BCUT2D eigenvalue weighted by molar-refractivity contribution is -0.144. The van der Waals surface area contributed by atoms with Crippen molar-refractivity contribution < 1.29 is 23.4 Å². The number of rotatable bonds is 7. The van der Waals surface area contributed by atoms with Gasteiger partial charge in [0, 0.05) is 29.5 Å². The number of esters is 1. The van der Waals surface area contributed by atoms with E-state index in [1.54, 1.807) is 25.3 Å². The van der Waals surface area contributed by atoms with E-state index in [1.165, 1.54) is 13.2 Å². The summed E-state index contributed by atoms with van der Waals surface area (Å²) in [5.41, 5.74) is 1.51. The smallest absolute Gasteiger partial charge is 0.336 e. The van der Waals surface area contributed by atoms with Crippen molar-refractivity contribution in [1.82, 2.24) is 0 Å². The summed E-state index contributed by atoms with van der Waals surface area (Å²) in [6, 6.07) is 14.0. The lowest BCUT2D eigenvalue weighted by Crippen LogP contribution is -2.08. The summed E-state index contributed by atoms with van der Waals surface area (Å²) in [4.78, 5) is 23.8. The number of methoxy groups -OCH3 is 2. The molecule has 0 aliphatic heterocycles. The third kappa shape index (κ3) is 4.67. The van der Waals surface area contributed by atoms with Crippen molar-refractivity contribution in [2.75, 3.05) is 14.2 Å². The Balaban J connectivity index is 1.63. The minimum Gasteiger partial charge on any atom is -0.497 e. The Labute approximate surface area is 156 Å². The lowest BCUT2D eigenvalue weighted by atomic mass is 10.1. The van der Waals surface area contributed by atoms with E-state index in [0.717, 1.165) is 11.3 Å². The zero-order valence-electron chi connectivity index (χ0n) is 15.2. The molecule has 1 heterocycles. The molecule has 140 valence electrons. The van der Waals surface area contributed by atoms with Crippen LogP contribution in [-0.4, -0.2) is 20.2 Å². The summed E-state index contributed by atoms with van der Waals surface area (Å²) in [5, 5.41) is 0.707. The van der Waals surface area contributed by atoms with Gasteiger partial charge in [-0.05, 0) is 36.2 Å². The van der Waals surface area contributed by atoms with E-state index in [-0.39, 0.29) is 19.0 Å². The third-order valence-corrected chi connectivity index (χ3v) is 4.20. The first-order valence-electron chi connectivity index (χ1n) is 8.48. The Kier molecular flexibility index (Phi) is 5.76. The van der Waals surface area contributed by atoms with Crippen molar-refractivity contribution in [3.05, 3.63) is 70.1 Å². The molecule has 3 aromatic rings. The predicted molar refractivity (Wildman–Crippen MR) is 100 cm³/mol. The van der Waals surface area contributed by atoms with Gasteiger partial charge in [0.05, 0.1) is 14.2 Å². The molecule has 2 aromatic carbocycles. The fourth-order valence-corrected chi connectivity index (χ4v) is 2.73. The highest BCUT2D eigenvalue weighted by atomic mass is 16.5. The largest absolute Gasteiger partial charge is 0.497 e. The zero-order chi connectivity index (χ0) is 19.2. The molecule has 0 atom stereocenters. The standard InChI is InChI=1S/C21H20O6/c1-24-16-6-3-14(4-7-16)5-10-20(22)26-13-15-11-21(23)27-19-12-17(25-2)8-9-18(15)19/h3-4,6-9,11-12H,5,10,13H2,1-2H3. The van der Waals surface area contributed by atoms with Gasteiger partial charge in [0.1, 0.15) is 23.7 Å². The first-order chi connectivity index (χ1) is 13.1. The van der Waals surface area contributed by atoms with Crippen LogP contribution < -0.4 is 15.1 Å². The van der Waals surface area contributed by atoms with Crippen LogP contribution in [0.25, 0.3) is 11.0 Å². The molecule has 0 amide bonds. The molecule has 6 nitrogen and oxygen atoms in total. The molecule has 0 radical (unpaired) electrons. The molecule has 0 N–H and O–H groups in total. The van der Waals surface area contributed by atoms with Gasteiger partial charge < -0.3 is 18.6 Å². The van der Waals surface area contributed by atoms with E-state index < -0.39 is 5.63 Å². The van der Waals surface area contributed by atoms with E-state index >= 15 is 0 Å². The second-order valence-electron chi connectivity index (χ2n) is 5.96. The Morgan fingerprint density at radius 3 is 2.37 bits per heavy atom. The molecular formula is C21H20O6. The topological polar surface area (TPSA) is 75.0 Å². The summed E-state index contributed by atoms with van der Waals surface area (Å²) in [5.74, 6) is 1.02. The summed E-state index contributed by atoms with van der Waals surface area (Å²) in [6.07, 6.45) is 0.817. The van der Waals surface area contributed by atoms with Gasteiger partial charge in [-0.15, -0.1) is 0 Å². The van der Waals surface area contributed by atoms with Crippen molar-refractivity contribution in [2.45, 2.75) is 19.4 Å². The van der Waals surface area contributed by atoms with Crippen LogP contribution in [-0.2, 0) is 22.6 Å². The molecule has 0 aliphatic carbocycles.